The molecule has 132 valence electrons. The van der Waals surface area contributed by atoms with E-state index in [0.717, 1.165) is 35.5 Å². The summed E-state index contributed by atoms with van der Waals surface area (Å²) in [5.41, 5.74) is 12.2. The highest BCUT2D eigenvalue weighted by atomic mass is 16.2. The first-order valence-electron chi connectivity index (χ1n) is 8.96. The van der Waals surface area contributed by atoms with Crippen molar-refractivity contribution in [1.29, 1.82) is 0 Å². The number of aromatic nitrogens is 2. The lowest BCUT2D eigenvalue weighted by Gasteiger charge is -2.27. The molecule has 3 N–H and O–H groups in total. The van der Waals surface area contributed by atoms with Gasteiger partial charge in [0, 0.05) is 49.3 Å². The van der Waals surface area contributed by atoms with E-state index < -0.39 is 0 Å². The van der Waals surface area contributed by atoms with E-state index in [2.05, 4.69) is 46.6 Å². The zero-order valence-corrected chi connectivity index (χ0v) is 14.6. The van der Waals surface area contributed by atoms with Gasteiger partial charge >= 0.3 is 0 Å². The number of hydrogen-bond donors (Lipinski definition) is 2. The number of amides is 1. The summed E-state index contributed by atoms with van der Waals surface area (Å²) in [4.78, 5) is 14.1. The normalized spacial score (nSPS) is 13.5. The van der Waals surface area contributed by atoms with Crippen molar-refractivity contribution in [2.75, 3.05) is 13.1 Å². The molecule has 2 heterocycles. The van der Waals surface area contributed by atoms with Gasteiger partial charge in [-0.25, -0.2) is 0 Å². The summed E-state index contributed by atoms with van der Waals surface area (Å²) in [5, 5.41) is 7.67. The Kier molecular flexibility index (Phi) is 4.54. The van der Waals surface area contributed by atoms with Crippen LogP contribution in [-0.2, 0) is 17.8 Å². The van der Waals surface area contributed by atoms with Crippen molar-refractivity contribution in [1.82, 2.24) is 15.1 Å². The number of H-pyrrole nitrogens is 1. The van der Waals surface area contributed by atoms with Gasteiger partial charge in [0.25, 0.3) is 0 Å². The van der Waals surface area contributed by atoms with Crippen LogP contribution in [0.25, 0.3) is 22.4 Å². The maximum Gasteiger partial charge on any atom is 0.224 e. The molecule has 0 spiro atoms. The number of aromatic amines is 1. The summed E-state index contributed by atoms with van der Waals surface area (Å²) in [5.74, 6) is 0.115. The average molecular weight is 346 g/mol. The zero-order valence-electron chi connectivity index (χ0n) is 14.6. The van der Waals surface area contributed by atoms with Gasteiger partial charge in [0.15, 0.2) is 0 Å². The molecule has 0 atom stereocenters. The molecule has 26 heavy (non-hydrogen) atoms. The second-order valence-electron chi connectivity index (χ2n) is 6.58. The maximum atomic E-state index is 12.2. The van der Waals surface area contributed by atoms with Crippen LogP contribution in [0.15, 0.2) is 54.6 Å². The van der Waals surface area contributed by atoms with E-state index in [4.69, 9.17) is 5.73 Å². The number of nitrogens with one attached hydrogen (secondary N) is 1. The quantitative estimate of drug-likeness (QED) is 0.763. The highest BCUT2D eigenvalue weighted by molar-refractivity contribution is 5.77. The second kappa shape index (κ2) is 7.14. The predicted octanol–water partition coefficient (Wildman–Crippen LogP) is 2.98. The number of carbonyl (C=O) groups excluding carboxylic acids is 1. The minimum Gasteiger partial charge on any atom is -0.338 e. The van der Waals surface area contributed by atoms with Crippen LogP contribution in [-0.4, -0.2) is 34.1 Å². The van der Waals surface area contributed by atoms with Crippen LogP contribution in [0.5, 0.6) is 0 Å². The molecule has 4 rings (SSSR count). The third-order valence-electron chi connectivity index (χ3n) is 4.91. The van der Waals surface area contributed by atoms with E-state index in [1.807, 2.05) is 23.1 Å². The molecular formula is C21H22N4O. The van der Waals surface area contributed by atoms with Crippen molar-refractivity contribution >= 4 is 5.91 Å². The summed E-state index contributed by atoms with van der Waals surface area (Å²) in [6.07, 6.45) is 1.20. The molecule has 1 aliphatic rings. The minimum atomic E-state index is 0.115. The molecule has 1 aromatic heterocycles. The lowest BCUT2D eigenvalue weighted by Crippen LogP contribution is -2.36. The van der Waals surface area contributed by atoms with Crippen molar-refractivity contribution in [3.05, 3.63) is 65.9 Å². The Morgan fingerprint density at radius 3 is 2.46 bits per heavy atom. The Morgan fingerprint density at radius 1 is 1.04 bits per heavy atom. The summed E-state index contributed by atoms with van der Waals surface area (Å²) >= 11 is 0. The maximum absolute atomic E-state index is 12.2. The molecule has 1 amide bonds. The van der Waals surface area contributed by atoms with Crippen LogP contribution in [0.2, 0.25) is 0 Å². The smallest absolute Gasteiger partial charge is 0.224 e. The molecule has 1 aliphatic heterocycles. The van der Waals surface area contributed by atoms with E-state index in [-0.39, 0.29) is 5.91 Å². The predicted molar refractivity (Wildman–Crippen MR) is 102 cm³/mol. The molecule has 0 fully saturated rings. The van der Waals surface area contributed by atoms with Crippen molar-refractivity contribution in [2.24, 2.45) is 5.73 Å². The summed E-state index contributed by atoms with van der Waals surface area (Å²) < 4.78 is 0. The van der Waals surface area contributed by atoms with Gasteiger partial charge in [-0.15, -0.1) is 0 Å². The minimum absolute atomic E-state index is 0.115. The highest BCUT2D eigenvalue weighted by Crippen LogP contribution is 2.30. The monoisotopic (exact) mass is 346 g/mol. The van der Waals surface area contributed by atoms with Crippen LogP contribution >= 0.6 is 0 Å². The van der Waals surface area contributed by atoms with Gasteiger partial charge in [0.2, 0.25) is 5.91 Å². The van der Waals surface area contributed by atoms with Gasteiger partial charge in [-0.1, -0.05) is 54.6 Å². The van der Waals surface area contributed by atoms with E-state index in [0.29, 0.717) is 19.5 Å². The Hall–Kier alpha value is -2.92. The van der Waals surface area contributed by atoms with Crippen LogP contribution in [0, 0.1) is 0 Å². The Bertz CT molecular complexity index is 900. The number of hydrogen-bond acceptors (Lipinski definition) is 3. The molecule has 0 saturated carbocycles. The number of carbonyl (C=O) groups is 1. The second-order valence-corrected chi connectivity index (χ2v) is 6.58. The van der Waals surface area contributed by atoms with Gasteiger partial charge in [-0.05, 0) is 11.1 Å². The van der Waals surface area contributed by atoms with E-state index in [1.165, 1.54) is 11.1 Å². The Morgan fingerprint density at radius 2 is 1.73 bits per heavy atom. The fourth-order valence-electron chi connectivity index (χ4n) is 3.48. The van der Waals surface area contributed by atoms with E-state index in [9.17, 15) is 4.79 Å². The van der Waals surface area contributed by atoms with Crippen LogP contribution in [0.4, 0.5) is 0 Å². The number of benzene rings is 2. The fraction of sp³-hybridized carbons (Fsp3) is 0.238. The lowest BCUT2D eigenvalue weighted by molar-refractivity contribution is -0.131. The molecule has 0 bridgehead atoms. The third kappa shape index (κ3) is 3.13. The first-order chi connectivity index (χ1) is 12.8. The molecular weight excluding hydrogens is 324 g/mol. The molecule has 0 unspecified atom stereocenters. The third-order valence-corrected chi connectivity index (χ3v) is 4.91. The molecule has 5 heteroatoms. The van der Waals surface area contributed by atoms with Gasteiger partial charge in [0.1, 0.15) is 0 Å². The first-order valence-corrected chi connectivity index (χ1v) is 8.96. The number of rotatable bonds is 4. The Balaban J connectivity index is 1.60. The summed E-state index contributed by atoms with van der Waals surface area (Å²) in [6, 6.07) is 18.7. The van der Waals surface area contributed by atoms with Gasteiger partial charge < -0.3 is 10.6 Å². The molecule has 0 radical (unpaired) electrons. The van der Waals surface area contributed by atoms with Crippen molar-refractivity contribution in [2.45, 2.75) is 19.4 Å². The van der Waals surface area contributed by atoms with Crippen LogP contribution < -0.4 is 5.73 Å². The van der Waals surface area contributed by atoms with Crippen molar-refractivity contribution in [3.8, 4) is 22.4 Å². The lowest BCUT2D eigenvalue weighted by atomic mass is 9.98. The standard InChI is InChI=1S/C21H22N4O/c22-12-10-20(26)25-13-11-19-18(14-25)21(24-23-19)17-8-6-16(7-9-17)15-4-2-1-3-5-15/h1-9H,10-14,22H2,(H,23,24). The zero-order chi connectivity index (χ0) is 17.9. The molecule has 2 aromatic carbocycles. The SMILES string of the molecule is NCCC(=O)N1CCc2[nH]nc(-c3ccc(-c4ccccc4)cc3)c2C1. The van der Waals surface area contributed by atoms with Crippen LogP contribution in [0.1, 0.15) is 17.7 Å². The molecule has 0 aliphatic carbocycles. The van der Waals surface area contributed by atoms with E-state index in [1.54, 1.807) is 0 Å². The number of nitrogens with two attached hydrogens (primary N) is 1. The van der Waals surface area contributed by atoms with Gasteiger partial charge in [-0.3, -0.25) is 9.89 Å². The topological polar surface area (TPSA) is 75.0 Å². The number of nitrogens with zero attached hydrogens (tertiary/aromatic N) is 2. The van der Waals surface area contributed by atoms with Crippen molar-refractivity contribution < 1.29 is 4.79 Å². The van der Waals surface area contributed by atoms with Crippen molar-refractivity contribution in [3.63, 3.8) is 0 Å². The average Bonchev–Trinajstić information content (AvgIpc) is 3.12. The van der Waals surface area contributed by atoms with E-state index >= 15 is 0 Å². The van der Waals surface area contributed by atoms with Gasteiger partial charge in [0.05, 0.1) is 5.69 Å². The molecule has 0 saturated heterocycles. The van der Waals surface area contributed by atoms with Crippen LogP contribution in [0.3, 0.4) is 0 Å². The van der Waals surface area contributed by atoms with Gasteiger partial charge in [-0.2, -0.15) is 5.10 Å². The largest absolute Gasteiger partial charge is 0.338 e. The Labute approximate surface area is 152 Å². The first kappa shape index (κ1) is 16.5. The molecule has 5 nitrogen and oxygen atoms in total. The summed E-state index contributed by atoms with van der Waals surface area (Å²) in [6.45, 7) is 1.71. The number of fused-ring (bicyclic) bond motifs is 1. The fourth-order valence-corrected chi connectivity index (χ4v) is 3.48. The summed E-state index contributed by atoms with van der Waals surface area (Å²) in [7, 11) is 0. The molecule has 3 aromatic rings. The highest BCUT2D eigenvalue weighted by Gasteiger charge is 2.25.